The number of nitrogens with zero attached hydrogens (tertiary/aromatic N) is 2. The Bertz CT molecular complexity index is 332. The van der Waals surface area contributed by atoms with E-state index in [1.165, 1.54) is 0 Å². The molecule has 2 N–H and O–H groups in total. The molecular formula is C11H18FN3. The van der Waals surface area contributed by atoms with Gasteiger partial charge in [-0.05, 0) is 25.2 Å². The van der Waals surface area contributed by atoms with Crippen molar-refractivity contribution in [3.8, 4) is 0 Å². The van der Waals surface area contributed by atoms with Crippen molar-refractivity contribution in [2.24, 2.45) is 18.7 Å². The summed E-state index contributed by atoms with van der Waals surface area (Å²) in [6.07, 6.45) is 6.79. The maximum absolute atomic E-state index is 14.3. The topological polar surface area (TPSA) is 43.8 Å². The molecule has 0 bridgehead atoms. The minimum atomic E-state index is -1.16. The Hall–Kier alpha value is -0.900. The number of imidazole rings is 1. The van der Waals surface area contributed by atoms with E-state index in [0.29, 0.717) is 12.8 Å². The van der Waals surface area contributed by atoms with E-state index < -0.39 is 5.67 Å². The number of alkyl halides is 1. The summed E-state index contributed by atoms with van der Waals surface area (Å²) in [5.41, 5.74) is 4.36. The first-order chi connectivity index (χ1) is 7.15. The highest BCUT2D eigenvalue weighted by molar-refractivity contribution is 5.00. The molecule has 84 valence electrons. The van der Waals surface area contributed by atoms with Gasteiger partial charge in [-0.1, -0.05) is 0 Å². The summed E-state index contributed by atoms with van der Waals surface area (Å²) in [5.74, 6) is 1.13. The zero-order valence-electron chi connectivity index (χ0n) is 9.12. The van der Waals surface area contributed by atoms with Gasteiger partial charge in [0.2, 0.25) is 0 Å². The molecule has 3 nitrogen and oxygen atoms in total. The van der Waals surface area contributed by atoms with E-state index in [2.05, 4.69) is 4.98 Å². The Morgan fingerprint density at radius 1 is 1.67 bits per heavy atom. The minimum Gasteiger partial charge on any atom is -0.338 e. The van der Waals surface area contributed by atoms with Crippen molar-refractivity contribution in [3.63, 3.8) is 0 Å². The van der Waals surface area contributed by atoms with Crippen LogP contribution >= 0.6 is 0 Å². The molecule has 0 spiro atoms. The smallest absolute Gasteiger partial charge is 0.126 e. The summed E-state index contributed by atoms with van der Waals surface area (Å²) >= 11 is 0. The van der Waals surface area contributed by atoms with E-state index in [0.717, 1.165) is 18.7 Å². The fourth-order valence-electron chi connectivity index (χ4n) is 2.03. The second-order valence-electron chi connectivity index (χ2n) is 4.47. The quantitative estimate of drug-likeness (QED) is 0.800. The molecule has 1 heterocycles. The monoisotopic (exact) mass is 211 g/mol. The van der Waals surface area contributed by atoms with Crippen LogP contribution in [0.25, 0.3) is 0 Å². The van der Waals surface area contributed by atoms with Crippen molar-refractivity contribution in [1.29, 1.82) is 0 Å². The van der Waals surface area contributed by atoms with Gasteiger partial charge in [-0.3, -0.25) is 0 Å². The van der Waals surface area contributed by atoms with Gasteiger partial charge in [0.25, 0.3) is 0 Å². The van der Waals surface area contributed by atoms with Gasteiger partial charge in [0, 0.05) is 32.4 Å². The lowest BCUT2D eigenvalue weighted by Crippen LogP contribution is -2.36. The van der Waals surface area contributed by atoms with Gasteiger partial charge >= 0.3 is 0 Å². The Morgan fingerprint density at radius 2 is 2.40 bits per heavy atom. The van der Waals surface area contributed by atoms with Crippen LogP contribution in [-0.2, 0) is 13.5 Å². The lowest BCUT2D eigenvalue weighted by Gasteiger charge is -2.23. The van der Waals surface area contributed by atoms with Crippen LogP contribution in [0, 0.1) is 5.92 Å². The zero-order valence-corrected chi connectivity index (χ0v) is 9.12. The number of halogens is 1. The predicted octanol–water partition coefficient (Wildman–Crippen LogP) is 1.43. The molecule has 0 radical (unpaired) electrons. The molecule has 0 amide bonds. The van der Waals surface area contributed by atoms with Gasteiger partial charge in [0.1, 0.15) is 11.5 Å². The minimum absolute atomic E-state index is 0.141. The first-order valence-electron chi connectivity index (χ1n) is 5.51. The van der Waals surface area contributed by atoms with E-state index >= 15 is 0 Å². The summed E-state index contributed by atoms with van der Waals surface area (Å²) in [5, 5.41) is 0. The second-order valence-corrected chi connectivity index (χ2v) is 4.47. The van der Waals surface area contributed by atoms with Crippen molar-refractivity contribution in [2.45, 2.75) is 31.4 Å². The first kappa shape index (κ1) is 10.6. The van der Waals surface area contributed by atoms with Crippen LogP contribution in [0.5, 0.6) is 0 Å². The molecule has 1 aliphatic carbocycles. The molecule has 4 heteroatoms. The average Bonchev–Trinajstić information content (AvgIpc) is 3.01. The van der Waals surface area contributed by atoms with Gasteiger partial charge in [0.05, 0.1) is 0 Å². The molecule has 0 aliphatic heterocycles. The predicted molar refractivity (Wildman–Crippen MR) is 57.1 cm³/mol. The summed E-state index contributed by atoms with van der Waals surface area (Å²) in [7, 11) is 1.93. The van der Waals surface area contributed by atoms with Crippen LogP contribution in [0.15, 0.2) is 12.4 Å². The fourth-order valence-corrected chi connectivity index (χ4v) is 2.03. The number of aromatic nitrogens is 2. The fraction of sp³-hybridized carbons (Fsp3) is 0.727. The van der Waals surface area contributed by atoms with Crippen LogP contribution < -0.4 is 5.73 Å². The van der Waals surface area contributed by atoms with E-state index in [-0.39, 0.29) is 12.5 Å². The number of hydrogen-bond donors (Lipinski definition) is 1. The van der Waals surface area contributed by atoms with E-state index in [1.54, 1.807) is 6.20 Å². The van der Waals surface area contributed by atoms with Gasteiger partial charge in [-0.25, -0.2) is 9.37 Å². The molecule has 2 rings (SSSR count). The van der Waals surface area contributed by atoms with Crippen molar-refractivity contribution in [3.05, 3.63) is 18.2 Å². The molecule has 1 aliphatic rings. The van der Waals surface area contributed by atoms with E-state index in [1.807, 2.05) is 17.8 Å². The average molecular weight is 211 g/mol. The molecule has 0 aromatic carbocycles. The number of hydrogen-bond acceptors (Lipinski definition) is 2. The van der Waals surface area contributed by atoms with Crippen LogP contribution in [0.3, 0.4) is 0 Å². The van der Waals surface area contributed by atoms with Crippen molar-refractivity contribution in [2.75, 3.05) is 6.54 Å². The Morgan fingerprint density at radius 3 is 2.87 bits per heavy atom. The summed E-state index contributed by atoms with van der Waals surface area (Å²) < 4.78 is 16.2. The van der Waals surface area contributed by atoms with Gasteiger partial charge in [-0.15, -0.1) is 0 Å². The molecular weight excluding hydrogens is 193 g/mol. The van der Waals surface area contributed by atoms with E-state index in [9.17, 15) is 4.39 Å². The summed E-state index contributed by atoms with van der Waals surface area (Å²) in [6, 6.07) is 0. The first-order valence-corrected chi connectivity index (χ1v) is 5.51. The van der Waals surface area contributed by atoms with Crippen LogP contribution in [0.2, 0.25) is 0 Å². The highest BCUT2D eigenvalue weighted by atomic mass is 19.1. The molecule has 1 aromatic heterocycles. The molecule has 1 saturated carbocycles. The standard InChI is InChI=1S/C11H18FN3/c1-15-7-6-14-10(15)4-5-11(12,8-13)9-2-3-9/h6-7,9H,2-5,8,13H2,1H3. The third kappa shape index (κ3) is 2.20. The van der Waals surface area contributed by atoms with Gasteiger partial charge < -0.3 is 10.3 Å². The number of rotatable bonds is 5. The molecule has 1 fully saturated rings. The molecule has 1 atom stereocenters. The highest BCUT2D eigenvalue weighted by Gasteiger charge is 2.44. The summed E-state index contributed by atoms with van der Waals surface area (Å²) in [6.45, 7) is 0.141. The van der Waals surface area contributed by atoms with Crippen LogP contribution in [-0.4, -0.2) is 21.8 Å². The highest BCUT2D eigenvalue weighted by Crippen LogP contribution is 2.44. The molecule has 1 aromatic rings. The maximum Gasteiger partial charge on any atom is 0.126 e. The van der Waals surface area contributed by atoms with Crippen LogP contribution in [0.4, 0.5) is 4.39 Å². The SMILES string of the molecule is Cn1ccnc1CCC(F)(CN)C1CC1. The van der Waals surface area contributed by atoms with Gasteiger partial charge in [-0.2, -0.15) is 0 Å². The van der Waals surface area contributed by atoms with Gasteiger partial charge in [0.15, 0.2) is 0 Å². The summed E-state index contributed by atoms with van der Waals surface area (Å²) in [4.78, 5) is 4.19. The third-order valence-electron chi connectivity index (χ3n) is 3.33. The molecule has 1 unspecified atom stereocenters. The van der Waals surface area contributed by atoms with Crippen molar-refractivity contribution >= 4 is 0 Å². The third-order valence-corrected chi connectivity index (χ3v) is 3.33. The van der Waals surface area contributed by atoms with Crippen molar-refractivity contribution < 1.29 is 4.39 Å². The number of nitrogens with two attached hydrogens (primary N) is 1. The lowest BCUT2D eigenvalue weighted by molar-refractivity contribution is 0.129. The number of aryl methyl sites for hydroxylation is 2. The second kappa shape index (κ2) is 3.93. The molecule has 15 heavy (non-hydrogen) atoms. The Balaban J connectivity index is 1.94. The van der Waals surface area contributed by atoms with Crippen molar-refractivity contribution in [1.82, 2.24) is 9.55 Å². The van der Waals surface area contributed by atoms with Crippen LogP contribution in [0.1, 0.15) is 25.1 Å². The largest absolute Gasteiger partial charge is 0.338 e. The molecule has 0 saturated heterocycles. The van der Waals surface area contributed by atoms with E-state index in [4.69, 9.17) is 5.73 Å². The normalized spacial score (nSPS) is 20.2. The Kier molecular flexibility index (Phi) is 2.78. The Labute approximate surface area is 89.5 Å². The maximum atomic E-state index is 14.3. The zero-order chi connectivity index (χ0) is 10.9. The lowest BCUT2D eigenvalue weighted by atomic mass is 9.94.